The van der Waals surface area contributed by atoms with Crippen LogP contribution in [0.3, 0.4) is 0 Å². The van der Waals surface area contributed by atoms with Crippen LogP contribution in [0.15, 0.2) is 52.9 Å². The van der Waals surface area contributed by atoms with Crippen LogP contribution in [-0.4, -0.2) is 24.6 Å². The van der Waals surface area contributed by atoms with Crippen molar-refractivity contribution in [3.05, 3.63) is 64.9 Å². The number of nitrogens with one attached hydrogen (secondary N) is 1. The lowest BCUT2D eigenvalue weighted by Crippen LogP contribution is -2.37. The summed E-state index contributed by atoms with van der Waals surface area (Å²) in [6, 6.07) is 14.2. The second-order valence-electron chi connectivity index (χ2n) is 7.11. The molecule has 3 aromatic rings. The molecule has 1 aliphatic heterocycles. The zero-order valence-corrected chi connectivity index (χ0v) is 17.0. The molecule has 0 saturated carbocycles. The van der Waals surface area contributed by atoms with Crippen molar-refractivity contribution >= 4 is 40.0 Å². The Morgan fingerprint density at radius 1 is 1.23 bits per heavy atom. The number of amides is 1. The number of rotatable bonds is 6. The molecule has 1 fully saturated rings. The van der Waals surface area contributed by atoms with Crippen LogP contribution in [0.4, 0.5) is 5.69 Å². The van der Waals surface area contributed by atoms with Crippen molar-refractivity contribution in [2.75, 3.05) is 11.7 Å². The van der Waals surface area contributed by atoms with Gasteiger partial charge in [0.15, 0.2) is 17.9 Å². The Morgan fingerprint density at radius 3 is 2.80 bits per heavy atom. The van der Waals surface area contributed by atoms with E-state index in [-0.39, 0.29) is 18.0 Å². The molecule has 0 aliphatic carbocycles. The van der Waals surface area contributed by atoms with Crippen LogP contribution in [0, 0.1) is 5.41 Å². The number of nitrogens with zero attached hydrogens (tertiary/aromatic N) is 1. The zero-order valence-electron chi connectivity index (χ0n) is 16.3. The van der Waals surface area contributed by atoms with Crippen molar-refractivity contribution in [2.24, 2.45) is 5.73 Å². The number of primary amides is 1. The Kier molecular flexibility index (Phi) is 6.03. The Bertz CT molecular complexity index is 1080. The van der Waals surface area contributed by atoms with Crippen molar-refractivity contribution in [2.45, 2.75) is 32.0 Å². The molecule has 4 rings (SSSR count). The zero-order chi connectivity index (χ0) is 21.1. The maximum Gasteiger partial charge on any atom is 0.221 e. The molecule has 3 N–H and O–H groups in total. The monoisotopic (exact) mass is 427 g/mol. The third-order valence-electron chi connectivity index (χ3n) is 4.83. The van der Waals surface area contributed by atoms with Crippen molar-refractivity contribution in [1.29, 1.82) is 5.41 Å². The number of para-hydroxylation sites is 1. The summed E-state index contributed by atoms with van der Waals surface area (Å²) in [5, 5.41) is 11.4. The first kappa shape index (κ1) is 20.4. The molecule has 8 heteroatoms. The number of halogens is 1. The van der Waals surface area contributed by atoms with E-state index in [1.54, 1.807) is 36.4 Å². The number of hydrogen-bond acceptors (Lipinski definition) is 5. The molecule has 1 aromatic heterocycles. The van der Waals surface area contributed by atoms with Gasteiger partial charge in [-0.25, -0.2) is 4.84 Å². The molecule has 1 saturated heterocycles. The lowest BCUT2D eigenvalue weighted by atomic mass is 10.1. The highest BCUT2D eigenvalue weighted by molar-refractivity contribution is 6.31. The van der Waals surface area contributed by atoms with Crippen LogP contribution in [0.1, 0.15) is 30.6 Å². The van der Waals surface area contributed by atoms with Gasteiger partial charge in [-0.1, -0.05) is 35.9 Å². The third kappa shape index (κ3) is 4.48. The van der Waals surface area contributed by atoms with Crippen molar-refractivity contribution in [1.82, 2.24) is 0 Å². The Morgan fingerprint density at radius 2 is 2.07 bits per heavy atom. The normalized spacial score (nSPS) is 16.5. The van der Waals surface area contributed by atoms with Crippen LogP contribution in [-0.2, 0) is 20.8 Å². The standard InChI is InChI=1S/C22H22ClN3O4/c23-16-7-4-8-17(13-16)26(30-20-9-1-2-10-28-20)22(25)18-11-14-5-3-6-15(12-19(24)27)21(14)29-18/h3-8,11,13,20,25H,1-2,9-10,12H2,(H2,24,27). The fraction of sp³-hybridized carbons (Fsp3) is 0.273. The van der Waals surface area contributed by atoms with Crippen LogP contribution in [0.25, 0.3) is 11.0 Å². The second-order valence-corrected chi connectivity index (χ2v) is 7.55. The number of hydrogen-bond donors (Lipinski definition) is 2. The number of ether oxygens (including phenoxy) is 1. The predicted molar refractivity (Wildman–Crippen MR) is 115 cm³/mol. The number of anilines is 1. The minimum atomic E-state index is -0.465. The minimum Gasteiger partial charge on any atom is -0.452 e. The summed E-state index contributed by atoms with van der Waals surface area (Å²) >= 11 is 6.16. The largest absolute Gasteiger partial charge is 0.452 e. The number of nitrogens with two attached hydrogens (primary N) is 1. The molecule has 2 aromatic carbocycles. The first-order chi connectivity index (χ1) is 14.5. The van der Waals surface area contributed by atoms with Gasteiger partial charge in [0, 0.05) is 29.0 Å². The molecule has 7 nitrogen and oxygen atoms in total. The Hall–Kier alpha value is -2.87. The Labute approximate surface area is 178 Å². The highest BCUT2D eigenvalue weighted by Crippen LogP contribution is 2.28. The molecule has 0 spiro atoms. The molecule has 1 aliphatic rings. The van der Waals surface area contributed by atoms with E-state index < -0.39 is 12.2 Å². The Balaban J connectivity index is 1.69. The summed E-state index contributed by atoms with van der Waals surface area (Å²) in [5.41, 5.74) is 7.13. The van der Waals surface area contributed by atoms with E-state index in [0.29, 0.717) is 28.5 Å². The summed E-state index contributed by atoms with van der Waals surface area (Å²) in [7, 11) is 0. The number of amidine groups is 1. The average molecular weight is 428 g/mol. The molecule has 156 valence electrons. The van der Waals surface area contributed by atoms with E-state index in [0.717, 1.165) is 24.6 Å². The smallest absolute Gasteiger partial charge is 0.221 e. The summed E-state index contributed by atoms with van der Waals surface area (Å²) in [4.78, 5) is 17.4. The highest BCUT2D eigenvalue weighted by atomic mass is 35.5. The molecular weight excluding hydrogens is 406 g/mol. The number of hydroxylamine groups is 1. The van der Waals surface area contributed by atoms with Crippen LogP contribution < -0.4 is 10.8 Å². The maximum absolute atomic E-state index is 11.4. The van der Waals surface area contributed by atoms with Crippen molar-refractivity contribution < 1.29 is 18.8 Å². The molecular formula is C22H22ClN3O4. The lowest BCUT2D eigenvalue weighted by Gasteiger charge is -2.30. The van der Waals surface area contributed by atoms with Gasteiger partial charge in [0.05, 0.1) is 12.1 Å². The van der Waals surface area contributed by atoms with E-state index in [2.05, 4.69) is 0 Å². The van der Waals surface area contributed by atoms with Crippen LogP contribution in [0.5, 0.6) is 0 Å². The summed E-state index contributed by atoms with van der Waals surface area (Å²) in [6.07, 6.45) is 2.30. The first-order valence-electron chi connectivity index (χ1n) is 9.74. The van der Waals surface area contributed by atoms with Gasteiger partial charge in [-0.3, -0.25) is 10.2 Å². The van der Waals surface area contributed by atoms with Gasteiger partial charge in [0.1, 0.15) is 5.58 Å². The van der Waals surface area contributed by atoms with Crippen molar-refractivity contribution in [3.63, 3.8) is 0 Å². The third-order valence-corrected chi connectivity index (χ3v) is 5.07. The minimum absolute atomic E-state index is 0.00679. The SMILES string of the molecule is N=C(c1cc2cccc(CC(N)=O)c2o1)N(OC1CCCCO1)c1cccc(Cl)c1. The number of carbonyl (C=O) groups is 1. The van der Waals surface area contributed by atoms with Gasteiger partial charge in [-0.2, -0.15) is 5.06 Å². The van der Waals surface area contributed by atoms with Gasteiger partial charge in [-0.15, -0.1) is 0 Å². The molecule has 1 atom stereocenters. The van der Waals surface area contributed by atoms with Gasteiger partial charge in [-0.05, 0) is 37.1 Å². The average Bonchev–Trinajstić information content (AvgIpc) is 3.17. The summed E-state index contributed by atoms with van der Waals surface area (Å²) < 4.78 is 11.6. The van der Waals surface area contributed by atoms with Crippen molar-refractivity contribution in [3.8, 4) is 0 Å². The molecule has 1 unspecified atom stereocenters. The number of benzene rings is 2. The molecule has 0 radical (unpaired) electrons. The topological polar surface area (TPSA) is 102 Å². The number of carbonyl (C=O) groups excluding carboxylic acids is 1. The number of fused-ring (bicyclic) bond motifs is 1. The first-order valence-corrected chi connectivity index (χ1v) is 10.1. The van der Waals surface area contributed by atoms with E-state index in [1.807, 2.05) is 12.1 Å². The van der Waals surface area contributed by atoms with Gasteiger partial charge >= 0.3 is 0 Å². The van der Waals surface area contributed by atoms with Gasteiger partial charge < -0.3 is 14.9 Å². The fourth-order valence-corrected chi connectivity index (χ4v) is 3.61. The van der Waals surface area contributed by atoms with Gasteiger partial charge in [0.25, 0.3) is 0 Å². The lowest BCUT2D eigenvalue weighted by molar-refractivity contribution is -0.161. The molecule has 2 heterocycles. The van der Waals surface area contributed by atoms with Crippen LogP contribution >= 0.6 is 11.6 Å². The van der Waals surface area contributed by atoms with E-state index in [1.165, 1.54) is 5.06 Å². The highest BCUT2D eigenvalue weighted by Gasteiger charge is 2.25. The second kappa shape index (κ2) is 8.87. The molecule has 0 bridgehead atoms. The maximum atomic E-state index is 11.4. The predicted octanol–water partition coefficient (Wildman–Crippen LogP) is 4.40. The molecule has 1 amide bonds. The van der Waals surface area contributed by atoms with E-state index >= 15 is 0 Å². The quantitative estimate of drug-likeness (QED) is 0.345. The van der Waals surface area contributed by atoms with E-state index in [4.69, 9.17) is 36.7 Å². The summed E-state index contributed by atoms with van der Waals surface area (Å²) in [5.74, 6) is -0.167. The van der Waals surface area contributed by atoms with E-state index in [9.17, 15) is 4.79 Å². The van der Waals surface area contributed by atoms with Crippen LogP contribution in [0.2, 0.25) is 5.02 Å². The molecule has 30 heavy (non-hydrogen) atoms. The fourth-order valence-electron chi connectivity index (χ4n) is 3.42. The number of furan rings is 1. The summed E-state index contributed by atoms with van der Waals surface area (Å²) in [6.45, 7) is 0.614. The van der Waals surface area contributed by atoms with Gasteiger partial charge in [0.2, 0.25) is 5.91 Å².